The first kappa shape index (κ1) is 23.9. The highest BCUT2D eigenvalue weighted by Crippen LogP contribution is 2.30. The van der Waals surface area contributed by atoms with Gasteiger partial charge in [0.25, 0.3) is 0 Å². The topological polar surface area (TPSA) is 68.3 Å². The predicted octanol–water partition coefficient (Wildman–Crippen LogP) is 5.26. The average molecular weight is 461 g/mol. The number of hydrogen-bond donors (Lipinski definition) is 1. The van der Waals surface area contributed by atoms with Gasteiger partial charge < -0.3 is 4.74 Å². The summed E-state index contributed by atoms with van der Waals surface area (Å²) >= 11 is 0. The van der Waals surface area contributed by atoms with Crippen LogP contribution in [0, 0.1) is 11.6 Å². The second-order valence-electron chi connectivity index (χ2n) is 8.33. The second kappa shape index (κ2) is 9.42. The quantitative estimate of drug-likeness (QED) is 0.489. The van der Waals surface area contributed by atoms with E-state index in [1.165, 1.54) is 18.3 Å². The highest BCUT2D eigenvalue weighted by atomic mass is 32.2. The first-order chi connectivity index (χ1) is 15.1. The molecule has 0 spiro atoms. The molecule has 0 aliphatic heterocycles. The predicted molar refractivity (Wildman–Crippen MR) is 122 cm³/mol. The molecule has 1 heterocycles. The van der Waals surface area contributed by atoms with Crippen molar-refractivity contribution in [2.75, 3.05) is 6.61 Å². The summed E-state index contributed by atoms with van der Waals surface area (Å²) in [4.78, 5) is 17.5. The van der Waals surface area contributed by atoms with Gasteiger partial charge in [0.2, 0.25) is 5.88 Å². The molecule has 5 nitrogen and oxygen atoms in total. The van der Waals surface area contributed by atoms with Gasteiger partial charge in [-0.15, -0.1) is 0 Å². The summed E-state index contributed by atoms with van der Waals surface area (Å²) in [6, 6.07) is 8.10. The third-order valence-electron chi connectivity index (χ3n) is 4.95. The SMILES string of the molecule is CCOc1nccc2c(C(=O)c3c(F)ccc([C@H](C)NS(=O)C(C)(C)C)c3F)cccc12. The summed E-state index contributed by atoms with van der Waals surface area (Å²) in [5, 5.41) is 1.06. The number of carbonyl (C=O) groups excluding carboxylic acids is 1. The standard InChI is InChI=1S/C24H26F2N2O3S/c1-6-31-23-18-9-7-8-17(16(18)12-13-27-23)22(29)20-19(25)11-10-15(21(20)26)14(2)28-32(30)24(3,4)5/h7-14,28H,6H2,1-5H3/t14-,32?/m0/s1. The minimum atomic E-state index is -1.47. The Bertz CT molecular complexity index is 1190. The first-order valence-corrected chi connectivity index (χ1v) is 11.4. The van der Waals surface area contributed by atoms with Crippen LogP contribution in [0.25, 0.3) is 10.8 Å². The molecule has 0 amide bonds. The Labute approximate surface area is 188 Å². The largest absolute Gasteiger partial charge is 0.478 e. The Morgan fingerprint density at radius 3 is 2.53 bits per heavy atom. The lowest BCUT2D eigenvalue weighted by molar-refractivity contribution is 0.103. The molecular weight excluding hydrogens is 434 g/mol. The number of pyridine rings is 1. The molecule has 1 N–H and O–H groups in total. The fourth-order valence-corrected chi connectivity index (χ4v) is 4.08. The lowest BCUT2D eigenvalue weighted by atomic mass is 9.94. The monoisotopic (exact) mass is 460 g/mol. The normalized spacial score (nSPS) is 13.7. The van der Waals surface area contributed by atoms with Crippen LogP contribution in [0.1, 0.15) is 62.1 Å². The van der Waals surface area contributed by atoms with E-state index in [9.17, 15) is 13.4 Å². The molecule has 0 aliphatic carbocycles. The minimum absolute atomic E-state index is 0.0595. The highest BCUT2D eigenvalue weighted by Gasteiger charge is 2.27. The van der Waals surface area contributed by atoms with E-state index in [4.69, 9.17) is 4.74 Å². The first-order valence-electron chi connectivity index (χ1n) is 10.3. The van der Waals surface area contributed by atoms with E-state index >= 15 is 4.39 Å². The van der Waals surface area contributed by atoms with Gasteiger partial charge in [-0.05, 0) is 58.2 Å². The van der Waals surface area contributed by atoms with E-state index in [1.807, 2.05) is 6.92 Å². The molecule has 8 heteroatoms. The number of hydrogen-bond acceptors (Lipinski definition) is 4. The summed E-state index contributed by atoms with van der Waals surface area (Å²) < 4.78 is 50.3. The summed E-state index contributed by atoms with van der Waals surface area (Å²) in [5.41, 5.74) is -0.455. The lowest BCUT2D eigenvalue weighted by Crippen LogP contribution is -2.35. The molecule has 3 aromatic rings. The molecular formula is C24H26F2N2O3S. The van der Waals surface area contributed by atoms with Crippen molar-refractivity contribution in [2.24, 2.45) is 0 Å². The lowest BCUT2D eigenvalue weighted by Gasteiger charge is -2.23. The van der Waals surface area contributed by atoms with E-state index in [0.29, 0.717) is 23.3 Å². The Balaban J connectivity index is 2.07. The molecule has 32 heavy (non-hydrogen) atoms. The van der Waals surface area contributed by atoms with Gasteiger partial charge in [-0.3, -0.25) is 4.79 Å². The van der Waals surface area contributed by atoms with Crippen LogP contribution in [-0.2, 0) is 11.0 Å². The van der Waals surface area contributed by atoms with Crippen LogP contribution < -0.4 is 9.46 Å². The molecule has 0 radical (unpaired) electrons. The van der Waals surface area contributed by atoms with Gasteiger partial charge in [0.15, 0.2) is 5.78 Å². The number of nitrogens with one attached hydrogen (secondary N) is 1. The molecule has 0 saturated heterocycles. The maximum Gasteiger partial charge on any atom is 0.221 e. The fourth-order valence-electron chi connectivity index (χ4n) is 3.28. The minimum Gasteiger partial charge on any atom is -0.478 e. The van der Waals surface area contributed by atoms with Gasteiger partial charge in [-0.1, -0.05) is 18.2 Å². The molecule has 0 aliphatic rings. The van der Waals surface area contributed by atoms with E-state index < -0.39 is 44.8 Å². The van der Waals surface area contributed by atoms with Crippen molar-refractivity contribution in [1.29, 1.82) is 0 Å². The summed E-state index contributed by atoms with van der Waals surface area (Å²) in [6.45, 7) is 9.16. The maximum atomic E-state index is 15.4. The highest BCUT2D eigenvalue weighted by molar-refractivity contribution is 7.84. The Kier molecular flexibility index (Phi) is 7.05. The molecule has 3 rings (SSSR count). The van der Waals surface area contributed by atoms with Crippen LogP contribution in [0.4, 0.5) is 8.78 Å². The maximum absolute atomic E-state index is 15.4. The van der Waals surface area contributed by atoms with Crippen LogP contribution in [0.3, 0.4) is 0 Å². The van der Waals surface area contributed by atoms with Gasteiger partial charge in [0.1, 0.15) is 11.6 Å². The number of aromatic nitrogens is 1. The van der Waals surface area contributed by atoms with Gasteiger partial charge in [-0.25, -0.2) is 22.7 Å². The van der Waals surface area contributed by atoms with Crippen LogP contribution in [0.5, 0.6) is 5.88 Å². The van der Waals surface area contributed by atoms with Crippen LogP contribution in [0.2, 0.25) is 0 Å². The molecule has 170 valence electrons. The zero-order valence-electron chi connectivity index (χ0n) is 18.7. The number of ketones is 1. The van der Waals surface area contributed by atoms with Gasteiger partial charge in [-0.2, -0.15) is 0 Å². The molecule has 0 saturated carbocycles. The molecule has 0 fully saturated rings. The summed E-state index contributed by atoms with van der Waals surface area (Å²) in [6.07, 6.45) is 1.49. The van der Waals surface area contributed by atoms with E-state index in [0.717, 1.165) is 6.07 Å². The third-order valence-corrected chi connectivity index (χ3v) is 6.63. The zero-order chi connectivity index (χ0) is 23.6. The second-order valence-corrected chi connectivity index (χ2v) is 10.3. The number of benzene rings is 2. The number of carbonyl (C=O) groups is 1. The average Bonchev–Trinajstić information content (AvgIpc) is 2.73. The smallest absolute Gasteiger partial charge is 0.221 e. The van der Waals surface area contributed by atoms with Gasteiger partial charge in [0.05, 0.1) is 27.9 Å². The fraction of sp³-hybridized carbons (Fsp3) is 0.333. The van der Waals surface area contributed by atoms with Crippen molar-refractivity contribution in [2.45, 2.75) is 45.4 Å². The van der Waals surface area contributed by atoms with Crippen molar-refractivity contribution in [3.05, 3.63) is 70.9 Å². The molecule has 1 unspecified atom stereocenters. The summed E-state index contributed by atoms with van der Waals surface area (Å²) in [7, 11) is -1.47. The number of rotatable bonds is 7. The van der Waals surface area contributed by atoms with E-state index in [1.54, 1.807) is 45.9 Å². The Hall–Kier alpha value is -2.71. The summed E-state index contributed by atoms with van der Waals surface area (Å²) in [5.74, 6) is -2.38. The number of halogens is 2. The van der Waals surface area contributed by atoms with Crippen LogP contribution in [0.15, 0.2) is 42.6 Å². The van der Waals surface area contributed by atoms with Crippen molar-refractivity contribution in [3.63, 3.8) is 0 Å². The van der Waals surface area contributed by atoms with Crippen molar-refractivity contribution < 1.29 is 22.5 Å². The van der Waals surface area contributed by atoms with Crippen molar-refractivity contribution >= 4 is 27.5 Å². The third kappa shape index (κ3) is 4.71. The number of ether oxygens (including phenoxy) is 1. The molecule has 2 aromatic carbocycles. The number of nitrogens with zero attached hydrogens (tertiary/aromatic N) is 1. The zero-order valence-corrected chi connectivity index (χ0v) is 19.5. The van der Waals surface area contributed by atoms with E-state index in [2.05, 4.69) is 9.71 Å². The molecule has 0 bridgehead atoms. The van der Waals surface area contributed by atoms with Crippen LogP contribution in [-0.4, -0.2) is 26.3 Å². The molecule has 1 aromatic heterocycles. The Morgan fingerprint density at radius 1 is 1.16 bits per heavy atom. The molecule has 2 atom stereocenters. The number of fused-ring (bicyclic) bond motifs is 1. The van der Waals surface area contributed by atoms with Gasteiger partial charge in [0, 0.05) is 28.8 Å². The van der Waals surface area contributed by atoms with Crippen molar-refractivity contribution in [1.82, 2.24) is 9.71 Å². The van der Waals surface area contributed by atoms with Crippen molar-refractivity contribution in [3.8, 4) is 5.88 Å². The van der Waals surface area contributed by atoms with Gasteiger partial charge >= 0.3 is 0 Å². The Morgan fingerprint density at radius 2 is 1.88 bits per heavy atom. The van der Waals surface area contributed by atoms with E-state index in [-0.39, 0.29) is 11.1 Å². The van der Waals surface area contributed by atoms with Crippen LogP contribution >= 0.6 is 0 Å².